The van der Waals surface area contributed by atoms with Gasteiger partial charge in [-0.25, -0.2) is 0 Å². The van der Waals surface area contributed by atoms with Gasteiger partial charge in [0, 0.05) is 43.2 Å². The second-order valence-corrected chi connectivity index (χ2v) is 7.76. The normalized spacial score (nSPS) is 15.4. The van der Waals surface area contributed by atoms with E-state index < -0.39 is 0 Å². The molecule has 0 atom stereocenters. The van der Waals surface area contributed by atoms with Gasteiger partial charge >= 0.3 is 0 Å². The van der Waals surface area contributed by atoms with Crippen LogP contribution in [0.15, 0.2) is 18.2 Å². The van der Waals surface area contributed by atoms with E-state index >= 15 is 0 Å². The molecule has 3 N–H and O–H groups in total. The van der Waals surface area contributed by atoms with E-state index in [1.165, 1.54) is 17.1 Å². The zero-order valence-electron chi connectivity index (χ0n) is 14.9. The predicted molar refractivity (Wildman–Crippen MR) is 105 cm³/mol. The predicted octanol–water partition coefficient (Wildman–Crippen LogP) is 3.39. The molecule has 0 aliphatic carbocycles. The van der Waals surface area contributed by atoms with Crippen LogP contribution in [0.1, 0.15) is 43.2 Å². The van der Waals surface area contributed by atoms with E-state index in [-0.39, 0.29) is 5.91 Å². The molecule has 0 aromatic heterocycles. The van der Waals surface area contributed by atoms with Gasteiger partial charge in [-0.15, -0.1) is 0 Å². The van der Waals surface area contributed by atoms with Gasteiger partial charge in [-0.2, -0.15) is 11.8 Å². The molecule has 1 heterocycles. The largest absolute Gasteiger partial charge is 0.330 e. The van der Waals surface area contributed by atoms with Crippen molar-refractivity contribution in [2.45, 2.75) is 45.6 Å². The Bertz CT molecular complexity index is 515. The molecule has 0 saturated carbocycles. The van der Waals surface area contributed by atoms with Gasteiger partial charge in [0.1, 0.15) is 0 Å². The lowest BCUT2D eigenvalue weighted by atomic mass is 10.1. The maximum Gasteiger partial charge on any atom is 0.224 e. The Kier molecular flexibility index (Phi) is 8.64. The van der Waals surface area contributed by atoms with Gasteiger partial charge in [-0.1, -0.05) is 25.0 Å². The molecular formula is C19H31N3OS. The fourth-order valence-corrected chi connectivity index (χ4v) is 3.89. The lowest BCUT2D eigenvalue weighted by Gasteiger charge is -2.26. The summed E-state index contributed by atoms with van der Waals surface area (Å²) in [6.45, 7) is 6.08. The van der Waals surface area contributed by atoms with E-state index in [0.29, 0.717) is 6.42 Å². The van der Waals surface area contributed by atoms with Crippen molar-refractivity contribution in [2.24, 2.45) is 5.73 Å². The minimum Gasteiger partial charge on any atom is -0.330 e. The van der Waals surface area contributed by atoms with Crippen molar-refractivity contribution in [2.75, 3.05) is 36.5 Å². The van der Waals surface area contributed by atoms with Crippen LogP contribution in [0.3, 0.4) is 0 Å². The van der Waals surface area contributed by atoms with E-state index in [2.05, 4.69) is 35.3 Å². The molecule has 1 saturated heterocycles. The molecule has 5 heteroatoms. The maximum atomic E-state index is 12.1. The maximum absolute atomic E-state index is 12.1. The van der Waals surface area contributed by atoms with E-state index in [9.17, 15) is 4.79 Å². The minimum absolute atomic E-state index is 0.123. The van der Waals surface area contributed by atoms with Crippen LogP contribution in [0.25, 0.3) is 0 Å². The van der Waals surface area contributed by atoms with Crippen LogP contribution in [0.4, 0.5) is 5.69 Å². The van der Waals surface area contributed by atoms with Crippen molar-refractivity contribution in [3.63, 3.8) is 0 Å². The van der Waals surface area contributed by atoms with Crippen molar-refractivity contribution >= 4 is 23.4 Å². The van der Waals surface area contributed by atoms with Gasteiger partial charge in [0.2, 0.25) is 5.91 Å². The van der Waals surface area contributed by atoms with E-state index in [0.717, 1.165) is 63.1 Å². The average molecular weight is 350 g/mol. The number of anilines is 1. The molecule has 24 heavy (non-hydrogen) atoms. The minimum atomic E-state index is 0.123. The highest BCUT2D eigenvalue weighted by Crippen LogP contribution is 2.20. The topological polar surface area (TPSA) is 58.4 Å². The molecule has 134 valence electrons. The summed E-state index contributed by atoms with van der Waals surface area (Å²) < 4.78 is 0. The molecule has 1 amide bonds. The molecule has 1 aromatic rings. The number of hydrogen-bond acceptors (Lipinski definition) is 4. The quantitative estimate of drug-likeness (QED) is 0.671. The standard InChI is InChI=1S/C19H31N3OS/c1-16-7-8-17(15-22-10-12-24-13-11-22)14-18(16)21-19(23)6-4-2-3-5-9-20/h7-8,14H,2-6,9-13,15,20H2,1H3,(H,21,23). The number of amides is 1. The molecule has 1 aliphatic rings. The third-order valence-electron chi connectivity index (χ3n) is 4.44. The van der Waals surface area contributed by atoms with Gasteiger partial charge in [0.15, 0.2) is 0 Å². The number of aryl methyl sites for hydroxylation is 1. The zero-order valence-corrected chi connectivity index (χ0v) is 15.7. The Morgan fingerprint density at radius 2 is 1.96 bits per heavy atom. The highest BCUT2D eigenvalue weighted by Gasteiger charge is 2.12. The summed E-state index contributed by atoms with van der Waals surface area (Å²) in [5.74, 6) is 2.57. The summed E-state index contributed by atoms with van der Waals surface area (Å²) >= 11 is 2.03. The van der Waals surface area contributed by atoms with Crippen molar-refractivity contribution < 1.29 is 4.79 Å². The highest BCUT2D eigenvalue weighted by atomic mass is 32.2. The zero-order chi connectivity index (χ0) is 17.2. The summed E-state index contributed by atoms with van der Waals surface area (Å²) in [6.07, 6.45) is 4.79. The molecule has 1 fully saturated rings. The number of thioether (sulfide) groups is 1. The van der Waals surface area contributed by atoms with E-state index in [1.807, 2.05) is 11.8 Å². The van der Waals surface area contributed by atoms with Crippen LogP contribution >= 0.6 is 11.8 Å². The average Bonchev–Trinajstić information content (AvgIpc) is 2.59. The van der Waals surface area contributed by atoms with Crippen LogP contribution in [0.5, 0.6) is 0 Å². The van der Waals surface area contributed by atoms with Gasteiger partial charge < -0.3 is 11.1 Å². The number of hydrogen-bond donors (Lipinski definition) is 2. The summed E-state index contributed by atoms with van der Waals surface area (Å²) in [5.41, 5.74) is 8.86. The second-order valence-electron chi connectivity index (χ2n) is 6.54. The van der Waals surface area contributed by atoms with Crippen molar-refractivity contribution in [3.8, 4) is 0 Å². The SMILES string of the molecule is Cc1ccc(CN2CCSCC2)cc1NC(=O)CCCCCCN. The third-order valence-corrected chi connectivity index (χ3v) is 5.39. The van der Waals surface area contributed by atoms with Crippen molar-refractivity contribution in [1.82, 2.24) is 4.90 Å². The first-order valence-electron chi connectivity index (χ1n) is 9.08. The smallest absolute Gasteiger partial charge is 0.224 e. The van der Waals surface area contributed by atoms with Crippen LogP contribution in [-0.2, 0) is 11.3 Å². The Labute approximate surface area is 150 Å². The molecule has 1 aliphatic heterocycles. The van der Waals surface area contributed by atoms with Gasteiger partial charge in [0.25, 0.3) is 0 Å². The molecule has 4 nitrogen and oxygen atoms in total. The lowest BCUT2D eigenvalue weighted by molar-refractivity contribution is -0.116. The van der Waals surface area contributed by atoms with Crippen molar-refractivity contribution in [3.05, 3.63) is 29.3 Å². The molecule has 1 aromatic carbocycles. The van der Waals surface area contributed by atoms with Gasteiger partial charge in [0.05, 0.1) is 0 Å². The van der Waals surface area contributed by atoms with Crippen LogP contribution in [0.2, 0.25) is 0 Å². The molecule has 0 spiro atoms. The fourth-order valence-electron chi connectivity index (χ4n) is 2.92. The van der Waals surface area contributed by atoms with E-state index in [4.69, 9.17) is 5.73 Å². The fraction of sp³-hybridized carbons (Fsp3) is 0.632. The highest BCUT2D eigenvalue weighted by molar-refractivity contribution is 7.99. The van der Waals surface area contributed by atoms with Crippen LogP contribution in [-0.4, -0.2) is 41.9 Å². The third kappa shape index (κ3) is 6.83. The lowest BCUT2D eigenvalue weighted by Crippen LogP contribution is -2.32. The number of benzene rings is 1. The Hall–Kier alpha value is -1.04. The second kappa shape index (κ2) is 10.7. The van der Waals surface area contributed by atoms with Crippen LogP contribution in [0, 0.1) is 6.92 Å². The van der Waals surface area contributed by atoms with Gasteiger partial charge in [-0.3, -0.25) is 9.69 Å². The number of rotatable bonds is 9. The monoisotopic (exact) mass is 349 g/mol. The van der Waals surface area contributed by atoms with E-state index in [1.54, 1.807) is 0 Å². The van der Waals surface area contributed by atoms with Gasteiger partial charge in [-0.05, 0) is 43.5 Å². The number of nitrogens with one attached hydrogen (secondary N) is 1. The first-order valence-corrected chi connectivity index (χ1v) is 10.2. The Morgan fingerprint density at radius 1 is 1.21 bits per heavy atom. The first-order chi connectivity index (χ1) is 11.7. The number of nitrogens with two attached hydrogens (primary N) is 1. The summed E-state index contributed by atoms with van der Waals surface area (Å²) in [7, 11) is 0. The summed E-state index contributed by atoms with van der Waals surface area (Å²) in [4.78, 5) is 14.6. The Balaban J connectivity index is 1.82. The van der Waals surface area contributed by atoms with Crippen molar-refractivity contribution in [1.29, 1.82) is 0 Å². The van der Waals surface area contributed by atoms with Crippen LogP contribution < -0.4 is 11.1 Å². The number of carbonyl (C=O) groups is 1. The molecule has 2 rings (SSSR count). The Morgan fingerprint density at radius 3 is 2.71 bits per heavy atom. The summed E-state index contributed by atoms with van der Waals surface area (Å²) in [5, 5.41) is 3.09. The molecule has 0 radical (unpaired) electrons. The molecule has 0 unspecified atom stereocenters. The number of nitrogens with zero attached hydrogens (tertiary/aromatic N) is 1. The molecule has 0 bridgehead atoms. The summed E-state index contributed by atoms with van der Waals surface area (Å²) in [6, 6.07) is 6.44. The number of carbonyl (C=O) groups excluding carboxylic acids is 1. The number of unbranched alkanes of at least 4 members (excludes halogenated alkanes) is 3. The molecular weight excluding hydrogens is 318 g/mol. The first kappa shape index (κ1) is 19.3.